The van der Waals surface area contributed by atoms with Crippen molar-refractivity contribution in [1.29, 1.82) is 5.26 Å². The molecule has 6 heteroatoms. The van der Waals surface area contributed by atoms with Crippen LogP contribution < -0.4 is 11.1 Å². The van der Waals surface area contributed by atoms with Gasteiger partial charge in [-0.05, 0) is 24.6 Å². The van der Waals surface area contributed by atoms with E-state index in [4.69, 9.17) is 15.7 Å². The summed E-state index contributed by atoms with van der Waals surface area (Å²) in [5, 5.41) is 11.7. The summed E-state index contributed by atoms with van der Waals surface area (Å²) in [4.78, 5) is 0. The maximum Gasteiger partial charge on any atom is 0.144 e. The van der Waals surface area contributed by atoms with Crippen molar-refractivity contribution in [2.45, 2.75) is 19.1 Å². The minimum Gasteiger partial charge on any atom is -0.379 e. The van der Waals surface area contributed by atoms with E-state index in [0.29, 0.717) is 18.7 Å². The minimum absolute atomic E-state index is 0.157. The molecule has 0 saturated carbocycles. The Balaban J connectivity index is 2.78. The molecular formula is C13H17F2N3O. The maximum absolute atomic E-state index is 13.5. The van der Waals surface area contributed by atoms with Crippen LogP contribution in [0.15, 0.2) is 12.1 Å². The number of halogens is 2. The number of methoxy groups -OCH3 is 1. The van der Waals surface area contributed by atoms with Crippen LogP contribution in [0.3, 0.4) is 0 Å². The molecule has 0 aliphatic heterocycles. The van der Waals surface area contributed by atoms with Crippen LogP contribution in [0, 0.1) is 23.0 Å². The average molecular weight is 269 g/mol. The van der Waals surface area contributed by atoms with Gasteiger partial charge in [0.05, 0.1) is 6.10 Å². The highest BCUT2D eigenvalue weighted by Gasteiger charge is 2.15. The van der Waals surface area contributed by atoms with Gasteiger partial charge in [0.15, 0.2) is 0 Å². The van der Waals surface area contributed by atoms with Gasteiger partial charge in [0.1, 0.15) is 23.3 Å². The summed E-state index contributed by atoms with van der Waals surface area (Å²) in [6.45, 7) is 2.59. The zero-order valence-electron chi connectivity index (χ0n) is 10.9. The molecule has 0 aliphatic carbocycles. The van der Waals surface area contributed by atoms with Gasteiger partial charge in [-0.3, -0.25) is 0 Å². The highest BCUT2D eigenvalue weighted by atomic mass is 19.1. The third-order valence-corrected chi connectivity index (χ3v) is 2.92. The lowest BCUT2D eigenvalue weighted by atomic mass is 10.0. The standard InChI is InChI=1S/C13H17F2N3O/c1-8(18-7-10(5-16)19-2)9-3-12(14)11(6-17)13(15)4-9/h3-4,8,10,18H,5,7,16H2,1-2H3. The summed E-state index contributed by atoms with van der Waals surface area (Å²) < 4.78 is 32.0. The van der Waals surface area contributed by atoms with Crippen molar-refractivity contribution in [3.63, 3.8) is 0 Å². The van der Waals surface area contributed by atoms with E-state index in [1.807, 2.05) is 0 Å². The van der Waals surface area contributed by atoms with Crippen LogP contribution in [0.2, 0.25) is 0 Å². The van der Waals surface area contributed by atoms with Gasteiger partial charge in [-0.15, -0.1) is 0 Å². The molecule has 1 rings (SSSR count). The van der Waals surface area contributed by atoms with Crippen molar-refractivity contribution in [3.05, 3.63) is 34.9 Å². The molecule has 4 nitrogen and oxygen atoms in total. The van der Waals surface area contributed by atoms with Crippen molar-refractivity contribution in [2.75, 3.05) is 20.2 Å². The van der Waals surface area contributed by atoms with Crippen LogP contribution in [0.1, 0.15) is 24.1 Å². The Morgan fingerprint density at radius 3 is 2.42 bits per heavy atom. The quantitative estimate of drug-likeness (QED) is 0.820. The smallest absolute Gasteiger partial charge is 0.144 e. The summed E-state index contributed by atoms with van der Waals surface area (Å²) >= 11 is 0. The van der Waals surface area contributed by atoms with Crippen LogP contribution in [-0.2, 0) is 4.74 Å². The van der Waals surface area contributed by atoms with Gasteiger partial charge < -0.3 is 15.8 Å². The monoisotopic (exact) mass is 269 g/mol. The Labute approximate surface area is 111 Å². The zero-order valence-corrected chi connectivity index (χ0v) is 10.9. The van der Waals surface area contributed by atoms with Crippen molar-refractivity contribution in [2.24, 2.45) is 5.73 Å². The molecule has 1 aromatic carbocycles. The van der Waals surface area contributed by atoms with E-state index in [9.17, 15) is 8.78 Å². The van der Waals surface area contributed by atoms with E-state index in [0.717, 1.165) is 12.1 Å². The zero-order chi connectivity index (χ0) is 14.4. The number of rotatable bonds is 6. The van der Waals surface area contributed by atoms with E-state index in [2.05, 4.69) is 5.32 Å². The number of benzene rings is 1. The fraction of sp³-hybridized carbons (Fsp3) is 0.462. The largest absolute Gasteiger partial charge is 0.379 e. The number of nitrogens with zero attached hydrogens (tertiary/aromatic N) is 1. The first kappa shape index (κ1) is 15.5. The average Bonchev–Trinajstić information content (AvgIpc) is 2.39. The molecule has 104 valence electrons. The van der Waals surface area contributed by atoms with Crippen molar-refractivity contribution < 1.29 is 13.5 Å². The summed E-state index contributed by atoms with van der Waals surface area (Å²) in [6, 6.07) is 3.53. The fourth-order valence-electron chi connectivity index (χ4n) is 1.64. The summed E-state index contributed by atoms with van der Waals surface area (Å²) in [5.74, 6) is -1.71. The van der Waals surface area contributed by atoms with Gasteiger partial charge in [-0.1, -0.05) is 0 Å². The topological polar surface area (TPSA) is 71.1 Å². The lowest BCUT2D eigenvalue weighted by molar-refractivity contribution is 0.106. The van der Waals surface area contributed by atoms with Crippen molar-refractivity contribution >= 4 is 0 Å². The van der Waals surface area contributed by atoms with E-state index < -0.39 is 17.2 Å². The highest BCUT2D eigenvalue weighted by molar-refractivity contribution is 5.36. The molecular weight excluding hydrogens is 252 g/mol. The first-order valence-electron chi connectivity index (χ1n) is 5.88. The molecule has 0 bridgehead atoms. The third-order valence-electron chi connectivity index (χ3n) is 2.92. The molecule has 0 saturated heterocycles. The fourth-order valence-corrected chi connectivity index (χ4v) is 1.64. The predicted molar refractivity (Wildman–Crippen MR) is 67.3 cm³/mol. The van der Waals surface area contributed by atoms with Gasteiger partial charge in [-0.25, -0.2) is 8.78 Å². The summed E-state index contributed by atoms with van der Waals surface area (Å²) in [7, 11) is 1.55. The first-order valence-corrected chi connectivity index (χ1v) is 5.88. The second kappa shape index (κ2) is 7.14. The highest BCUT2D eigenvalue weighted by Crippen LogP contribution is 2.19. The summed E-state index contributed by atoms with van der Waals surface area (Å²) in [6.07, 6.45) is -0.157. The van der Waals surface area contributed by atoms with E-state index in [1.54, 1.807) is 14.0 Å². The molecule has 0 fully saturated rings. The number of nitriles is 1. The number of hydrogen-bond donors (Lipinski definition) is 2. The van der Waals surface area contributed by atoms with Gasteiger partial charge >= 0.3 is 0 Å². The van der Waals surface area contributed by atoms with Gasteiger partial charge in [0, 0.05) is 26.2 Å². The van der Waals surface area contributed by atoms with E-state index in [-0.39, 0.29) is 12.1 Å². The van der Waals surface area contributed by atoms with Gasteiger partial charge in [0.25, 0.3) is 0 Å². The number of nitrogens with one attached hydrogen (secondary N) is 1. The minimum atomic E-state index is -0.853. The Kier molecular flexibility index (Phi) is 5.83. The second-order valence-electron chi connectivity index (χ2n) is 4.19. The van der Waals surface area contributed by atoms with Crippen LogP contribution in [0.5, 0.6) is 0 Å². The van der Waals surface area contributed by atoms with Crippen molar-refractivity contribution in [3.8, 4) is 6.07 Å². The Morgan fingerprint density at radius 1 is 1.42 bits per heavy atom. The van der Waals surface area contributed by atoms with Gasteiger partial charge in [-0.2, -0.15) is 5.26 Å². The van der Waals surface area contributed by atoms with Crippen LogP contribution >= 0.6 is 0 Å². The molecule has 0 spiro atoms. The summed E-state index contributed by atoms with van der Waals surface area (Å²) in [5.41, 5.74) is 5.34. The number of ether oxygens (including phenoxy) is 1. The SMILES string of the molecule is COC(CN)CNC(C)c1cc(F)c(C#N)c(F)c1. The second-order valence-corrected chi connectivity index (χ2v) is 4.19. The lowest BCUT2D eigenvalue weighted by Gasteiger charge is -2.19. The van der Waals surface area contributed by atoms with E-state index >= 15 is 0 Å². The normalized spacial score (nSPS) is 13.9. The molecule has 3 N–H and O–H groups in total. The van der Waals surface area contributed by atoms with Crippen molar-refractivity contribution in [1.82, 2.24) is 5.32 Å². The van der Waals surface area contributed by atoms with Gasteiger partial charge in [0.2, 0.25) is 0 Å². The maximum atomic E-state index is 13.5. The molecule has 0 amide bonds. The Hall–Kier alpha value is -1.55. The molecule has 2 atom stereocenters. The molecule has 0 aromatic heterocycles. The Bertz CT molecular complexity index is 446. The van der Waals surface area contributed by atoms with E-state index in [1.165, 1.54) is 6.07 Å². The Morgan fingerprint density at radius 2 is 2.00 bits per heavy atom. The first-order chi connectivity index (χ1) is 9.03. The molecule has 0 aliphatic rings. The molecule has 0 radical (unpaired) electrons. The van der Waals surface area contributed by atoms with Crippen LogP contribution in [-0.4, -0.2) is 26.3 Å². The van der Waals surface area contributed by atoms with Crippen LogP contribution in [0.4, 0.5) is 8.78 Å². The molecule has 2 unspecified atom stereocenters. The lowest BCUT2D eigenvalue weighted by Crippen LogP contribution is -2.35. The number of hydrogen-bond acceptors (Lipinski definition) is 4. The third kappa shape index (κ3) is 3.96. The van der Waals surface area contributed by atoms with Crippen LogP contribution in [0.25, 0.3) is 0 Å². The number of nitrogens with two attached hydrogens (primary N) is 1. The predicted octanol–water partition coefficient (Wildman–Crippen LogP) is 1.46. The molecule has 1 aromatic rings. The molecule has 0 heterocycles. The molecule has 19 heavy (non-hydrogen) atoms.